The zero-order chi connectivity index (χ0) is 18.4. The van der Waals surface area contributed by atoms with Gasteiger partial charge in [0.05, 0.1) is 7.11 Å². The molecule has 1 aromatic carbocycles. The lowest BCUT2D eigenvalue weighted by molar-refractivity contribution is -0.140. The number of methoxy groups -OCH3 is 1. The second kappa shape index (κ2) is 8.27. The number of amides is 1. The zero-order valence-electron chi connectivity index (χ0n) is 13.9. The van der Waals surface area contributed by atoms with Gasteiger partial charge in [0.1, 0.15) is 0 Å². The molecule has 8 heteroatoms. The fourth-order valence-corrected chi connectivity index (χ4v) is 2.21. The molecule has 1 heterocycles. The van der Waals surface area contributed by atoms with Crippen LogP contribution in [0.4, 0.5) is 4.39 Å². The molecule has 0 aliphatic rings. The highest BCUT2D eigenvalue weighted by Gasteiger charge is 2.21. The van der Waals surface area contributed by atoms with E-state index >= 15 is 0 Å². The molecule has 25 heavy (non-hydrogen) atoms. The lowest BCUT2D eigenvalue weighted by Gasteiger charge is -2.05. The van der Waals surface area contributed by atoms with Gasteiger partial charge < -0.3 is 19.2 Å². The molecule has 0 aliphatic carbocycles. The summed E-state index contributed by atoms with van der Waals surface area (Å²) in [5.41, 5.74) is 0.414. The van der Waals surface area contributed by atoms with Crippen molar-refractivity contribution < 1.29 is 32.7 Å². The number of benzene rings is 1. The monoisotopic (exact) mass is 351 g/mol. The Morgan fingerprint density at radius 3 is 2.72 bits per heavy atom. The Kier molecular flexibility index (Phi) is 6.10. The number of aryl methyl sites for hydroxylation is 1. The molecule has 0 bridgehead atoms. The topological polar surface area (TPSA) is 94.8 Å². The summed E-state index contributed by atoms with van der Waals surface area (Å²) in [5.74, 6) is -2.45. The molecule has 0 saturated heterocycles. The zero-order valence-corrected chi connectivity index (χ0v) is 13.9. The van der Waals surface area contributed by atoms with E-state index in [9.17, 15) is 18.8 Å². The Bertz CT molecular complexity index is 798. The van der Waals surface area contributed by atoms with E-state index in [-0.39, 0.29) is 30.3 Å². The number of carbonyl (C=O) groups excluding carboxylic acids is 3. The van der Waals surface area contributed by atoms with Crippen LogP contribution in [0, 0.1) is 12.7 Å². The molecule has 0 radical (unpaired) electrons. The van der Waals surface area contributed by atoms with Crippen LogP contribution in [0.15, 0.2) is 22.6 Å². The Hall–Kier alpha value is -2.90. The minimum Gasteiger partial charge on any atom is -0.469 e. The van der Waals surface area contributed by atoms with E-state index in [1.807, 2.05) is 0 Å². The third kappa shape index (κ3) is 4.56. The predicted molar refractivity (Wildman–Crippen MR) is 85.5 cm³/mol. The highest BCUT2D eigenvalue weighted by atomic mass is 19.1. The molecule has 0 fully saturated rings. The maximum atomic E-state index is 13.7. The van der Waals surface area contributed by atoms with Crippen molar-refractivity contribution in [1.82, 2.24) is 5.32 Å². The molecule has 0 saturated carbocycles. The smallest absolute Gasteiger partial charge is 0.375 e. The minimum absolute atomic E-state index is 0.0285. The van der Waals surface area contributed by atoms with Crippen molar-refractivity contribution in [3.63, 3.8) is 0 Å². The molecule has 1 aromatic heterocycles. The summed E-state index contributed by atoms with van der Waals surface area (Å²) < 4.78 is 28.3. The summed E-state index contributed by atoms with van der Waals surface area (Å²) in [5, 5.41) is 2.98. The second-order valence-electron chi connectivity index (χ2n) is 5.28. The molecule has 0 atom stereocenters. The van der Waals surface area contributed by atoms with Crippen molar-refractivity contribution in [3.8, 4) is 0 Å². The van der Waals surface area contributed by atoms with Gasteiger partial charge in [0.15, 0.2) is 18.0 Å². The highest BCUT2D eigenvalue weighted by Crippen LogP contribution is 2.27. The number of para-hydroxylation sites is 1. The molecule has 2 rings (SSSR count). The molecule has 2 aromatic rings. The fraction of sp³-hybridized carbons (Fsp3) is 0.353. The van der Waals surface area contributed by atoms with E-state index in [1.165, 1.54) is 19.2 Å². The third-order valence-corrected chi connectivity index (χ3v) is 3.54. The number of rotatable bonds is 7. The average Bonchev–Trinajstić information content (AvgIpc) is 2.95. The standard InChI is InChI=1S/C17H18FNO6/c1-10-11-5-3-6-12(18)16(11)25-15(10)17(22)24-9-13(20)19-8-4-7-14(21)23-2/h3,5-6H,4,7-9H2,1-2H3,(H,19,20). The number of fused-ring (bicyclic) bond motifs is 1. The first-order valence-electron chi connectivity index (χ1n) is 7.62. The van der Waals surface area contributed by atoms with E-state index in [0.29, 0.717) is 17.4 Å². The SMILES string of the molecule is COC(=O)CCCNC(=O)COC(=O)c1oc2c(F)cccc2c1C. The van der Waals surface area contributed by atoms with Gasteiger partial charge in [0.2, 0.25) is 5.76 Å². The minimum atomic E-state index is -0.849. The summed E-state index contributed by atoms with van der Waals surface area (Å²) in [6.45, 7) is 1.35. The van der Waals surface area contributed by atoms with Crippen molar-refractivity contribution in [2.24, 2.45) is 0 Å². The van der Waals surface area contributed by atoms with Crippen LogP contribution >= 0.6 is 0 Å². The summed E-state index contributed by atoms with van der Waals surface area (Å²) in [6.07, 6.45) is 0.592. The predicted octanol–water partition coefficient (Wildman–Crippen LogP) is 2.11. The first-order chi connectivity index (χ1) is 11.9. The number of hydrogen-bond acceptors (Lipinski definition) is 6. The normalized spacial score (nSPS) is 10.5. The molecular formula is C17H18FNO6. The van der Waals surface area contributed by atoms with Crippen molar-refractivity contribution >= 4 is 28.8 Å². The van der Waals surface area contributed by atoms with Gasteiger partial charge in [-0.1, -0.05) is 12.1 Å². The van der Waals surface area contributed by atoms with Crippen LogP contribution in [-0.4, -0.2) is 38.1 Å². The molecule has 1 N–H and O–H groups in total. The molecular weight excluding hydrogens is 333 g/mol. The van der Waals surface area contributed by atoms with Crippen LogP contribution in [0.5, 0.6) is 0 Å². The number of hydrogen-bond donors (Lipinski definition) is 1. The largest absolute Gasteiger partial charge is 0.469 e. The molecule has 0 unspecified atom stereocenters. The quantitative estimate of drug-likeness (QED) is 0.606. The Morgan fingerprint density at radius 1 is 1.28 bits per heavy atom. The Morgan fingerprint density at radius 2 is 2.04 bits per heavy atom. The van der Waals surface area contributed by atoms with E-state index < -0.39 is 24.3 Å². The fourth-order valence-electron chi connectivity index (χ4n) is 2.21. The van der Waals surface area contributed by atoms with Gasteiger partial charge in [-0.2, -0.15) is 0 Å². The first-order valence-corrected chi connectivity index (χ1v) is 7.62. The van der Waals surface area contributed by atoms with Crippen molar-refractivity contribution in [3.05, 3.63) is 35.3 Å². The van der Waals surface area contributed by atoms with Crippen LogP contribution in [-0.2, 0) is 19.1 Å². The van der Waals surface area contributed by atoms with Gasteiger partial charge in [-0.05, 0) is 19.4 Å². The summed E-state index contributed by atoms with van der Waals surface area (Å²) in [6, 6.07) is 4.36. The lowest BCUT2D eigenvalue weighted by atomic mass is 10.1. The van der Waals surface area contributed by atoms with Crippen LogP contribution in [0.25, 0.3) is 11.0 Å². The van der Waals surface area contributed by atoms with Gasteiger partial charge in [-0.25, -0.2) is 9.18 Å². The number of furan rings is 1. The van der Waals surface area contributed by atoms with Gasteiger partial charge in [-0.15, -0.1) is 0 Å². The number of nitrogens with one attached hydrogen (secondary N) is 1. The van der Waals surface area contributed by atoms with Gasteiger partial charge >= 0.3 is 11.9 Å². The van der Waals surface area contributed by atoms with Crippen molar-refractivity contribution in [2.45, 2.75) is 19.8 Å². The van der Waals surface area contributed by atoms with Gasteiger partial charge in [0, 0.05) is 23.9 Å². The Balaban J connectivity index is 1.86. The first kappa shape index (κ1) is 18.4. The second-order valence-corrected chi connectivity index (χ2v) is 5.28. The lowest BCUT2D eigenvalue weighted by Crippen LogP contribution is -2.30. The highest BCUT2D eigenvalue weighted by molar-refractivity contribution is 5.96. The van der Waals surface area contributed by atoms with Crippen molar-refractivity contribution in [2.75, 3.05) is 20.3 Å². The van der Waals surface area contributed by atoms with Gasteiger partial charge in [0.25, 0.3) is 5.91 Å². The molecule has 0 spiro atoms. The van der Waals surface area contributed by atoms with E-state index in [2.05, 4.69) is 10.1 Å². The molecule has 1 amide bonds. The van der Waals surface area contributed by atoms with Crippen LogP contribution in [0.3, 0.4) is 0 Å². The number of ether oxygens (including phenoxy) is 2. The summed E-state index contributed by atoms with van der Waals surface area (Å²) in [4.78, 5) is 34.6. The molecule has 134 valence electrons. The van der Waals surface area contributed by atoms with Crippen LogP contribution < -0.4 is 5.32 Å². The van der Waals surface area contributed by atoms with E-state index in [4.69, 9.17) is 9.15 Å². The summed E-state index contributed by atoms with van der Waals surface area (Å²) >= 11 is 0. The third-order valence-electron chi connectivity index (χ3n) is 3.54. The van der Waals surface area contributed by atoms with Gasteiger partial charge in [-0.3, -0.25) is 9.59 Å². The molecule has 0 aliphatic heterocycles. The molecule has 7 nitrogen and oxygen atoms in total. The number of halogens is 1. The maximum absolute atomic E-state index is 13.7. The Labute approximate surface area is 143 Å². The number of esters is 2. The van der Waals surface area contributed by atoms with Crippen LogP contribution in [0.1, 0.15) is 29.0 Å². The number of carbonyl (C=O) groups is 3. The average molecular weight is 351 g/mol. The maximum Gasteiger partial charge on any atom is 0.375 e. The van der Waals surface area contributed by atoms with E-state index in [0.717, 1.165) is 0 Å². The van der Waals surface area contributed by atoms with E-state index in [1.54, 1.807) is 13.0 Å². The van der Waals surface area contributed by atoms with Crippen LogP contribution in [0.2, 0.25) is 0 Å². The summed E-state index contributed by atoms with van der Waals surface area (Å²) in [7, 11) is 1.28. The van der Waals surface area contributed by atoms with Crippen molar-refractivity contribution in [1.29, 1.82) is 0 Å².